The zero-order valence-electron chi connectivity index (χ0n) is 18.4. The molecule has 0 saturated heterocycles. The van der Waals surface area contributed by atoms with Gasteiger partial charge in [0.15, 0.2) is 5.16 Å². The van der Waals surface area contributed by atoms with E-state index in [1.165, 1.54) is 27.8 Å². The van der Waals surface area contributed by atoms with Gasteiger partial charge in [-0.05, 0) is 49.1 Å². The summed E-state index contributed by atoms with van der Waals surface area (Å²) >= 11 is 1.37. The minimum atomic E-state index is -0.210. The van der Waals surface area contributed by atoms with Crippen molar-refractivity contribution in [3.8, 4) is 5.69 Å². The fourth-order valence-corrected chi connectivity index (χ4v) is 4.16. The molecule has 0 unspecified atom stereocenters. The summed E-state index contributed by atoms with van der Waals surface area (Å²) < 4.78 is 1.99. The van der Waals surface area contributed by atoms with Crippen molar-refractivity contribution in [2.45, 2.75) is 32.3 Å². The number of para-hydroxylation sites is 1. The van der Waals surface area contributed by atoms with Crippen LogP contribution in [0.3, 0.4) is 0 Å². The van der Waals surface area contributed by atoms with Crippen molar-refractivity contribution < 1.29 is 9.59 Å². The predicted molar refractivity (Wildman–Crippen MR) is 126 cm³/mol. The number of thioether (sulfide) groups is 1. The molecule has 0 spiro atoms. The summed E-state index contributed by atoms with van der Waals surface area (Å²) in [5.41, 5.74) is 5.29. The molecule has 0 bridgehead atoms. The first kappa shape index (κ1) is 22.6. The van der Waals surface area contributed by atoms with E-state index < -0.39 is 0 Å². The van der Waals surface area contributed by atoms with Crippen molar-refractivity contribution in [1.82, 2.24) is 14.5 Å². The number of nitrogens with zero attached hydrogens (tertiary/aromatic N) is 3. The van der Waals surface area contributed by atoms with Crippen molar-refractivity contribution in [2.75, 3.05) is 24.7 Å². The normalized spacial score (nSPS) is 10.7. The van der Waals surface area contributed by atoms with Crippen molar-refractivity contribution in [3.05, 3.63) is 71.5 Å². The molecule has 3 aromatic rings. The molecule has 0 aliphatic heterocycles. The van der Waals surface area contributed by atoms with E-state index in [4.69, 9.17) is 0 Å². The quantitative estimate of drug-likeness (QED) is 0.537. The number of likely N-dealkylation sites (N-methyl/N-ethyl adjacent to an activating group) is 1. The average molecular weight is 437 g/mol. The highest BCUT2D eigenvalue weighted by Crippen LogP contribution is 2.24. The zero-order valence-corrected chi connectivity index (χ0v) is 19.2. The largest absolute Gasteiger partial charge is 0.336 e. The Morgan fingerprint density at radius 3 is 2.68 bits per heavy atom. The molecular weight excluding hydrogens is 408 g/mol. The van der Waals surface area contributed by atoms with Gasteiger partial charge >= 0.3 is 0 Å². The molecule has 0 atom stereocenters. The van der Waals surface area contributed by atoms with Crippen LogP contribution in [0.15, 0.2) is 60.0 Å². The lowest BCUT2D eigenvalue weighted by Crippen LogP contribution is -2.36. The van der Waals surface area contributed by atoms with Gasteiger partial charge in [0.25, 0.3) is 0 Å². The van der Waals surface area contributed by atoms with Gasteiger partial charge in [-0.1, -0.05) is 49.0 Å². The fourth-order valence-electron chi connectivity index (χ4n) is 3.26. The SMILES string of the molecule is CCc1ccccc1NC(=O)CN(C)C(=O)CSc1nccn1-c1cccc(C)c1C. The van der Waals surface area contributed by atoms with Gasteiger partial charge in [-0.3, -0.25) is 14.2 Å². The Morgan fingerprint density at radius 1 is 1.13 bits per heavy atom. The molecule has 31 heavy (non-hydrogen) atoms. The molecule has 6 nitrogen and oxygen atoms in total. The summed E-state index contributed by atoms with van der Waals surface area (Å²) in [5.74, 6) is -0.130. The van der Waals surface area contributed by atoms with Gasteiger partial charge < -0.3 is 10.2 Å². The van der Waals surface area contributed by atoms with Crippen LogP contribution in [-0.4, -0.2) is 45.6 Å². The summed E-state index contributed by atoms with van der Waals surface area (Å²) in [6.07, 6.45) is 4.46. The smallest absolute Gasteiger partial charge is 0.243 e. The summed E-state index contributed by atoms with van der Waals surface area (Å²) in [6, 6.07) is 13.8. The number of anilines is 1. The van der Waals surface area contributed by atoms with Gasteiger partial charge in [0.1, 0.15) is 0 Å². The molecule has 0 aliphatic rings. The Balaban J connectivity index is 1.58. The number of rotatable bonds is 8. The number of nitrogens with one attached hydrogen (secondary N) is 1. The second-order valence-electron chi connectivity index (χ2n) is 7.40. The Morgan fingerprint density at radius 2 is 1.90 bits per heavy atom. The van der Waals surface area contributed by atoms with E-state index in [0.29, 0.717) is 0 Å². The maximum atomic E-state index is 12.6. The number of imidazole rings is 1. The topological polar surface area (TPSA) is 67.2 Å². The Hall–Kier alpha value is -3.06. The second-order valence-corrected chi connectivity index (χ2v) is 8.34. The van der Waals surface area contributed by atoms with Crippen LogP contribution in [0.25, 0.3) is 5.69 Å². The minimum absolute atomic E-state index is 0.00285. The van der Waals surface area contributed by atoms with E-state index >= 15 is 0 Å². The summed E-state index contributed by atoms with van der Waals surface area (Å²) in [6.45, 7) is 6.20. The maximum Gasteiger partial charge on any atom is 0.243 e. The van der Waals surface area contributed by atoms with E-state index in [9.17, 15) is 9.59 Å². The molecule has 1 heterocycles. The Labute approximate surface area is 187 Å². The number of hydrogen-bond acceptors (Lipinski definition) is 4. The first-order valence-electron chi connectivity index (χ1n) is 10.2. The minimum Gasteiger partial charge on any atom is -0.336 e. The van der Waals surface area contributed by atoms with E-state index in [-0.39, 0.29) is 24.1 Å². The third-order valence-electron chi connectivity index (χ3n) is 5.25. The number of carbonyl (C=O) groups is 2. The highest BCUT2D eigenvalue weighted by Gasteiger charge is 2.16. The van der Waals surface area contributed by atoms with Crippen LogP contribution in [0, 0.1) is 13.8 Å². The molecule has 0 radical (unpaired) electrons. The molecule has 1 aromatic heterocycles. The molecule has 2 amide bonds. The monoisotopic (exact) mass is 436 g/mol. The summed E-state index contributed by atoms with van der Waals surface area (Å²) in [7, 11) is 1.64. The number of aryl methyl sites for hydroxylation is 2. The van der Waals surface area contributed by atoms with Crippen LogP contribution in [0.4, 0.5) is 5.69 Å². The molecule has 0 aliphatic carbocycles. The summed E-state index contributed by atoms with van der Waals surface area (Å²) in [5, 5.41) is 3.65. The number of benzene rings is 2. The van der Waals surface area contributed by atoms with Crippen LogP contribution in [-0.2, 0) is 16.0 Å². The summed E-state index contributed by atoms with van der Waals surface area (Å²) in [4.78, 5) is 30.9. The van der Waals surface area contributed by atoms with Gasteiger partial charge in [-0.15, -0.1) is 0 Å². The fraction of sp³-hybridized carbons (Fsp3) is 0.292. The Bertz CT molecular complexity index is 1080. The number of hydrogen-bond donors (Lipinski definition) is 1. The van der Waals surface area contributed by atoms with Crippen LogP contribution in [0.2, 0.25) is 0 Å². The second kappa shape index (κ2) is 10.3. The predicted octanol–water partition coefficient (Wildman–Crippen LogP) is 4.24. The lowest BCUT2D eigenvalue weighted by Gasteiger charge is -2.18. The van der Waals surface area contributed by atoms with Gasteiger partial charge in [0.2, 0.25) is 11.8 Å². The molecule has 0 saturated carbocycles. The third-order valence-corrected chi connectivity index (χ3v) is 6.20. The Kier molecular flexibility index (Phi) is 7.52. The van der Waals surface area contributed by atoms with E-state index in [1.54, 1.807) is 13.2 Å². The third kappa shape index (κ3) is 5.55. The van der Waals surface area contributed by atoms with Gasteiger partial charge in [0, 0.05) is 25.1 Å². The van der Waals surface area contributed by atoms with Crippen molar-refractivity contribution in [3.63, 3.8) is 0 Å². The highest BCUT2D eigenvalue weighted by molar-refractivity contribution is 7.99. The molecule has 2 aromatic carbocycles. The molecule has 162 valence electrons. The van der Waals surface area contributed by atoms with Crippen molar-refractivity contribution in [2.24, 2.45) is 0 Å². The molecular formula is C24H28N4O2S. The van der Waals surface area contributed by atoms with Crippen LogP contribution in [0.1, 0.15) is 23.6 Å². The maximum absolute atomic E-state index is 12.6. The van der Waals surface area contributed by atoms with E-state index in [2.05, 4.69) is 30.2 Å². The first-order chi connectivity index (χ1) is 14.9. The van der Waals surface area contributed by atoms with E-state index in [1.807, 2.05) is 54.1 Å². The van der Waals surface area contributed by atoms with Crippen molar-refractivity contribution >= 4 is 29.3 Å². The molecule has 3 rings (SSSR count). The van der Waals surface area contributed by atoms with Gasteiger partial charge in [-0.25, -0.2) is 4.98 Å². The van der Waals surface area contributed by atoms with Gasteiger partial charge in [-0.2, -0.15) is 0 Å². The molecule has 1 N–H and O–H groups in total. The van der Waals surface area contributed by atoms with Crippen LogP contribution in [0.5, 0.6) is 0 Å². The van der Waals surface area contributed by atoms with E-state index in [0.717, 1.165) is 28.5 Å². The average Bonchev–Trinajstić information content (AvgIpc) is 3.22. The van der Waals surface area contributed by atoms with Gasteiger partial charge in [0.05, 0.1) is 18.0 Å². The zero-order chi connectivity index (χ0) is 22.4. The standard InChI is InChI=1S/C24H28N4O2S/c1-5-19-10-6-7-11-20(19)26-22(29)15-27(4)23(30)16-31-24-25-13-14-28(24)21-12-8-9-17(2)18(21)3/h6-14H,5,15-16H2,1-4H3,(H,26,29). The van der Waals surface area contributed by atoms with Crippen molar-refractivity contribution in [1.29, 1.82) is 0 Å². The number of aromatic nitrogens is 2. The van der Waals surface area contributed by atoms with Crippen LogP contribution < -0.4 is 5.32 Å². The lowest BCUT2D eigenvalue weighted by molar-refractivity contribution is -0.131. The number of carbonyl (C=O) groups excluding carboxylic acids is 2. The highest BCUT2D eigenvalue weighted by atomic mass is 32.2. The molecule has 7 heteroatoms. The lowest BCUT2D eigenvalue weighted by atomic mass is 10.1. The molecule has 0 fully saturated rings. The van der Waals surface area contributed by atoms with Crippen LogP contribution >= 0.6 is 11.8 Å². The first-order valence-corrected chi connectivity index (χ1v) is 11.2. The number of amides is 2.